The molecule has 1 N–H and O–H groups in total. The topological polar surface area (TPSA) is 55.4 Å². The van der Waals surface area contributed by atoms with E-state index in [9.17, 15) is 8.42 Å². The van der Waals surface area contributed by atoms with Gasteiger partial charge in [-0.1, -0.05) is 0 Å². The lowest BCUT2D eigenvalue weighted by molar-refractivity contribution is 0.104. The molecule has 4 nitrogen and oxygen atoms in total. The molecule has 0 aromatic heterocycles. The van der Waals surface area contributed by atoms with Crippen molar-refractivity contribution in [2.24, 2.45) is 0 Å². The van der Waals surface area contributed by atoms with Crippen molar-refractivity contribution in [2.75, 3.05) is 31.7 Å². The van der Waals surface area contributed by atoms with Gasteiger partial charge in [-0.05, 0) is 25.8 Å². The molecule has 0 aromatic rings. The molecule has 0 aliphatic carbocycles. The van der Waals surface area contributed by atoms with Gasteiger partial charge in [0.2, 0.25) is 0 Å². The molecule has 1 rings (SSSR count). The van der Waals surface area contributed by atoms with Crippen LogP contribution in [0.3, 0.4) is 0 Å². The Balaban J connectivity index is 1.94. The highest BCUT2D eigenvalue weighted by Gasteiger charge is 2.14. The van der Waals surface area contributed by atoms with Crippen LogP contribution in [0.1, 0.15) is 19.3 Å². The van der Waals surface area contributed by atoms with Crippen LogP contribution in [0.2, 0.25) is 0 Å². The summed E-state index contributed by atoms with van der Waals surface area (Å²) in [4.78, 5) is 0. The number of hydrogen-bond donors (Lipinski definition) is 1. The van der Waals surface area contributed by atoms with Crippen LogP contribution in [0.15, 0.2) is 0 Å². The van der Waals surface area contributed by atoms with Crippen LogP contribution in [-0.2, 0) is 14.6 Å². The smallest absolute Gasteiger partial charge is 0.148 e. The van der Waals surface area contributed by atoms with E-state index >= 15 is 0 Å². The first-order chi connectivity index (χ1) is 6.58. The minimum Gasteiger partial charge on any atom is -0.378 e. The first-order valence-electron chi connectivity index (χ1n) is 5.08. The lowest BCUT2D eigenvalue weighted by atomic mass is 10.2. The predicted octanol–water partition coefficient (Wildman–Crippen LogP) is 0.190. The fraction of sp³-hybridized carbons (Fsp3) is 1.00. The fourth-order valence-electron chi connectivity index (χ4n) is 1.52. The van der Waals surface area contributed by atoms with Gasteiger partial charge in [0.25, 0.3) is 0 Å². The van der Waals surface area contributed by atoms with E-state index in [1.54, 1.807) is 0 Å². The number of nitrogens with one attached hydrogen (secondary N) is 1. The molecule has 14 heavy (non-hydrogen) atoms. The molecule has 0 spiro atoms. The van der Waals surface area contributed by atoms with Crippen molar-refractivity contribution in [1.29, 1.82) is 0 Å². The van der Waals surface area contributed by atoms with Gasteiger partial charge in [-0.2, -0.15) is 0 Å². The monoisotopic (exact) mass is 221 g/mol. The lowest BCUT2D eigenvalue weighted by Gasteiger charge is -2.09. The van der Waals surface area contributed by atoms with E-state index in [-0.39, 0.29) is 5.75 Å². The zero-order chi connectivity index (χ0) is 10.4. The molecule has 1 fully saturated rings. The molecule has 0 aromatic carbocycles. The number of ether oxygens (including phenoxy) is 1. The maximum absolute atomic E-state index is 10.8. The van der Waals surface area contributed by atoms with Gasteiger partial charge in [-0.25, -0.2) is 8.42 Å². The van der Waals surface area contributed by atoms with Crippen LogP contribution < -0.4 is 5.32 Å². The molecule has 5 heteroatoms. The molecular formula is C9H19NO3S. The van der Waals surface area contributed by atoms with E-state index in [4.69, 9.17) is 4.74 Å². The number of sulfone groups is 1. The summed E-state index contributed by atoms with van der Waals surface area (Å²) < 4.78 is 27.0. The Labute approximate surface area is 85.9 Å². The van der Waals surface area contributed by atoms with Crippen molar-refractivity contribution in [3.63, 3.8) is 0 Å². The fourth-order valence-corrected chi connectivity index (χ4v) is 2.03. The Kier molecular flexibility index (Phi) is 4.84. The van der Waals surface area contributed by atoms with Crippen LogP contribution in [0.25, 0.3) is 0 Å². The summed E-state index contributed by atoms with van der Waals surface area (Å²) in [7, 11) is -2.82. The Morgan fingerprint density at radius 1 is 1.43 bits per heavy atom. The highest BCUT2D eigenvalue weighted by atomic mass is 32.2. The van der Waals surface area contributed by atoms with Gasteiger partial charge in [-0.3, -0.25) is 0 Å². The molecule has 1 aliphatic rings. The van der Waals surface area contributed by atoms with Gasteiger partial charge in [0.15, 0.2) is 0 Å². The molecule has 1 saturated heterocycles. The van der Waals surface area contributed by atoms with Crippen molar-refractivity contribution < 1.29 is 13.2 Å². The zero-order valence-electron chi connectivity index (χ0n) is 8.66. The summed E-state index contributed by atoms with van der Waals surface area (Å²) in [6, 6.07) is 0. The molecule has 0 amide bonds. The van der Waals surface area contributed by atoms with E-state index in [0.29, 0.717) is 12.6 Å². The van der Waals surface area contributed by atoms with Crippen LogP contribution in [-0.4, -0.2) is 46.2 Å². The SMILES string of the molecule is CS(=O)(=O)CCNCCC1CCCO1. The van der Waals surface area contributed by atoms with Gasteiger partial charge in [0.05, 0.1) is 11.9 Å². The Hall–Kier alpha value is -0.130. The molecule has 1 heterocycles. The summed E-state index contributed by atoms with van der Waals surface area (Å²) in [5, 5.41) is 3.11. The average Bonchev–Trinajstić information content (AvgIpc) is 2.54. The second kappa shape index (κ2) is 5.68. The Morgan fingerprint density at radius 3 is 2.79 bits per heavy atom. The van der Waals surface area contributed by atoms with Crippen molar-refractivity contribution in [1.82, 2.24) is 5.32 Å². The Bertz CT molecular complexity index is 245. The molecule has 1 atom stereocenters. The summed E-state index contributed by atoms with van der Waals surface area (Å²) in [5.41, 5.74) is 0. The molecule has 0 bridgehead atoms. The van der Waals surface area contributed by atoms with Crippen LogP contribution in [0, 0.1) is 0 Å². The van der Waals surface area contributed by atoms with E-state index < -0.39 is 9.84 Å². The van der Waals surface area contributed by atoms with Crippen LogP contribution in [0.4, 0.5) is 0 Å². The molecular weight excluding hydrogens is 202 g/mol. The van der Waals surface area contributed by atoms with E-state index in [1.807, 2.05) is 0 Å². The first kappa shape index (κ1) is 11.9. The van der Waals surface area contributed by atoms with E-state index in [0.717, 1.165) is 32.4 Å². The van der Waals surface area contributed by atoms with Crippen molar-refractivity contribution >= 4 is 9.84 Å². The van der Waals surface area contributed by atoms with Gasteiger partial charge >= 0.3 is 0 Å². The normalized spacial score (nSPS) is 22.8. The van der Waals surface area contributed by atoms with Gasteiger partial charge in [0, 0.05) is 19.4 Å². The lowest BCUT2D eigenvalue weighted by Crippen LogP contribution is -2.25. The second-order valence-corrected chi connectivity index (χ2v) is 6.06. The molecule has 0 saturated carbocycles. The third-order valence-corrected chi connectivity index (χ3v) is 3.26. The summed E-state index contributed by atoms with van der Waals surface area (Å²) in [6.07, 6.45) is 4.95. The van der Waals surface area contributed by atoms with Crippen molar-refractivity contribution in [3.05, 3.63) is 0 Å². The quantitative estimate of drug-likeness (QED) is 0.651. The summed E-state index contributed by atoms with van der Waals surface area (Å²) >= 11 is 0. The van der Waals surface area contributed by atoms with Gasteiger partial charge < -0.3 is 10.1 Å². The van der Waals surface area contributed by atoms with Crippen molar-refractivity contribution in [2.45, 2.75) is 25.4 Å². The third-order valence-electron chi connectivity index (χ3n) is 2.32. The first-order valence-corrected chi connectivity index (χ1v) is 7.14. The number of rotatable bonds is 6. The summed E-state index contributed by atoms with van der Waals surface area (Å²) in [5.74, 6) is 0.221. The maximum atomic E-state index is 10.8. The molecule has 1 aliphatic heterocycles. The second-order valence-electron chi connectivity index (χ2n) is 3.80. The molecule has 84 valence electrons. The maximum Gasteiger partial charge on any atom is 0.148 e. The van der Waals surface area contributed by atoms with Crippen LogP contribution in [0.5, 0.6) is 0 Å². The summed E-state index contributed by atoms with van der Waals surface area (Å²) in [6.45, 7) is 2.28. The molecule has 0 radical (unpaired) electrons. The highest BCUT2D eigenvalue weighted by molar-refractivity contribution is 7.90. The van der Waals surface area contributed by atoms with Crippen LogP contribution >= 0.6 is 0 Å². The number of hydrogen-bond acceptors (Lipinski definition) is 4. The largest absolute Gasteiger partial charge is 0.378 e. The van der Waals surface area contributed by atoms with Gasteiger partial charge in [0.1, 0.15) is 9.84 Å². The average molecular weight is 221 g/mol. The minimum atomic E-state index is -2.82. The van der Waals surface area contributed by atoms with Gasteiger partial charge in [-0.15, -0.1) is 0 Å². The van der Waals surface area contributed by atoms with Crippen molar-refractivity contribution in [3.8, 4) is 0 Å². The molecule has 1 unspecified atom stereocenters. The predicted molar refractivity (Wildman–Crippen MR) is 56.2 cm³/mol. The third kappa shape index (κ3) is 5.57. The minimum absolute atomic E-state index is 0.221. The standard InChI is InChI=1S/C9H19NO3S/c1-14(11,12)8-6-10-5-4-9-3-2-7-13-9/h9-10H,2-8H2,1H3. The van der Waals surface area contributed by atoms with E-state index in [2.05, 4.69) is 5.32 Å². The highest BCUT2D eigenvalue weighted by Crippen LogP contribution is 2.14. The Morgan fingerprint density at radius 2 is 2.21 bits per heavy atom. The zero-order valence-corrected chi connectivity index (χ0v) is 9.48. The van der Waals surface area contributed by atoms with E-state index in [1.165, 1.54) is 6.26 Å².